The van der Waals surface area contributed by atoms with Gasteiger partial charge in [0.05, 0.1) is 0 Å². The minimum atomic E-state index is -0.169. The summed E-state index contributed by atoms with van der Waals surface area (Å²) >= 11 is 0. The second kappa shape index (κ2) is 7.39. The first kappa shape index (κ1) is 15.0. The first-order valence-electron chi connectivity index (χ1n) is 7.15. The number of carbonyl (C=O) groups excluding carboxylic acids is 1. The van der Waals surface area contributed by atoms with Crippen LogP contribution in [0.25, 0.3) is 0 Å². The number of hydrogen-bond acceptors (Lipinski definition) is 2. The van der Waals surface area contributed by atoms with Crippen LogP contribution in [0.2, 0.25) is 0 Å². The molecule has 21 heavy (non-hydrogen) atoms. The number of amides is 1. The highest BCUT2D eigenvalue weighted by atomic mass is 16.2. The normalized spacial score (nSPS) is 11.2. The Bertz CT molecular complexity index is 633. The van der Waals surface area contributed by atoms with Crippen molar-refractivity contribution in [3.63, 3.8) is 0 Å². The summed E-state index contributed by atoms with van der Waals surface area (Å²) in [6, 6.07) is 17.6. The number of carbonyl (C=O) groups is 1. The van der Waals surface area contributed by atoms with Crippen molar-refractivity contribution in [1.29, 1.82) is 0 Å². The average molecular weight is 280 g/mol. The molecule has 0 heterocycles. The van der Waals surface area contributed by atoms with E-state index in [4.69, 9.17) is 0 Å². The van der Waals surface area contributed by atoms with Crippen molar-refractivity contribution in [2.75, 3.05) is 0 Å². The fraction of sp³-hybridized carbons (Fsp3) is 0.222. The third kappa shape index (κ3) is 4.56. The number of nitrogens with zero attached hydrogens (tertiary/aromatic N) is 1. The molecule has 3 heteroatoms. The van der Waals surface area contributed by atoms with E-state index in [9.17, 15) is 4.79 Å². The Morgan fingerprint density at radius 2 is 1.86 bits per heavy atom. The largest absolute Gasteiger partial charge is 0.271 e. The number of rotatable bonds is 5. The summed E-state index contributed by atoms with van der Waals surface area (Å²) in [7, 11) is 0. The lowest BCUT2D eigenvalue weighted by Gasteiger charge is -2.06. The number of hydrogen-bond donors (Lipinski definition) is 1. The van der Waals surface area contributed by atoms with Gasteiger partial charge in [-0.15, -0.1) is 0 Å². The summed E-state index contributed by atoms with van der Waals surface area (Å²) in [5, 5.41) is 4.26. The smallest absolute Gasteiger partial charge is 0.267 e. The zero-order valence-corrected chi connectivity index (χ0v) is 12.5. The minimum Gasteiger partial charge on any atom is -0.267 e. The molecule has 0 aliphatic carbocycles. The molecular formula is C18H20N2O. The van der Waals surface area contributed by atoms with E-state index in [0.29, 0.717) is 5.56 Å². The van der Waals surface area contributed by atoms with Crippen molar-refractivity contribution in [3.05, 3.63) is 71.3 Å². The maximum atomic E-state index is 12.1. The van der Waals surface area contributed by atoms with Crippen LogP contribution in [0.5, 0.6) is 0 Å². The van der Waals surface area contributed by atoms with Crippen molar-refractivity contribution in [2.24, 2.45) is 5.10 Å². The molecule has 3 nitrogen and oxygen atoms in total. The van der Waals surface area contributed by atoms with E-state index in [1.165, 1.54) is 5.56 Å². The van der Waals surface area contributed by atoms with Gasteiger partial charge >= 0.3 is 0 Å². The molecule has 0 radical (unpaired) electrons. The van der Waals surface area contributed by atoms with Gasteiger partial charge in [-0.1, -0.05) is 55.0 Å². The molecule has 0 aliphatic rings. The molecule has 0 spiro atoms. The van der Waals surface area contributed by atoms with Gasteiger partial charge in [-0.25, -0.2) is 5.43 Å². The van der Waals surface area contributed by atoms with E-state index in [1.54, 1.807) is 6.07 Å². The molecule has 2 aromatic rings. The van der Waals surface area contributed by atoms with Gasteiger partial charge in [0.15, 0.2) is 0 Å². The zero-order valence-electron chi connectivity index (χ0n) is 12.5. The van der Waals surface area contributed by atoms with Crippen molar-refractivity contribution in [3.8, 4) is 0 Å². The standard InChI is InChI=1S/C18H20N2O/c1-3-17(13-15-9-5-4-6-10-15)19-20-18(21)16-11-7-8-14(2)12-16/h4-12H,3,13H2,1-2H3,(H,20,21)/b19-17-. The predicted octanol–water partition coefficient (Wildman–Crippen LogP) is 3.73. The Morgan fingerprint density at radius 3 is 2.52 bits per heavy atom. The Labute approximate surface area is 125 Å². The Hall–Kier alpha value is -2.42. The average Bonchev–Trinajstić information content (AvgIpc) is 2.52. The molecule has 2 rings (SSSR count). The lowest BCUT2D eigenvalue weighted by Crippen LogP contribution is -2.20. The minimum absolute atomic E-state index is 0.169. The van der Waals surface area contributed by atoms with E-state index in [0.717, 1.165) is 24.1 Å². The highest BCUT2D eigenvalue weighted by Crippen LogP contribution is 2.05. The van der Waals surface area contributed by atoms with Gasteiger partial charge in [0.25, 0.3) is 5.91 Å². The summed E-state index contributed by atoms with van der Waals surface area (Å²) in [6.07, 6.45) is 1.56. The molecular weight excluding hydrogens is 260 g/mol. The molecule has 2 aromatic carbocycles. The van der Waals surface area contributed by atoms with E-state index in [-0.39, 0.29) is 5.91 Å². The van der Waals surface area contributed by atoms with Gasteiger partial charge in [0.2, 0.25) is 0 Å². The molecule has 0 fully saturated rings. The first-order valence-corrected chi connectivity index (χ1v) is 7.15. The van der Waals surface area contributed by atoms with Crippen LogP contribution in [-0.2, 0) is 6.42 Å². The van der Waals surface area contributed by atoms with Gasteiger partial charge in [-0.2, -0.15) is 5.10 Å². The maximum absolute atomic E-state index is 12.1. The fourth-order valence-corrected chi connectivity index (χ4v) is 2.06. The fourth-order valence-electron chi connectivity index (χ4n) is 2.06. The van der Waals surface area contributed by atoms with E-state index >= 15 is 0 Å². The van der Waals surface area contributed by atoms with Crippen LogP contribution in [0.1, 0.15) is 34.8 Å². The monoisotopic (exact) mass is 280 g/mol. The van der Waals surface area contributed by atoms with Crippen LogP contribution in [0.4, 0.5) is 0 Å². The summed E-state index contributed by atoms with van der Waals surface area (Å²) in [5.41, 5.74) is 6.50. The Balaban J connectivity index is 2.02. The second-order valence-corrected chi connectivity index (χ2v) is 5.00. The van der Waals surface area contributed by atoms with Crippen LogP contribution >= 0.6 is 0 Å². The van der Waals surface area contributed by atoms with Gasteiger partial charge in [0.1, 0.15) is 0 Å². The third-order valence-electron chi connectivity index (χ3n) is 3.25. The van der Waals surface area contributed by atoms with Gasteiger partial charge in [0, 0.05) is 17.7 Å². The number of nitrogens with one attached hydrogen (secondary N) is 1. The summed E-state index contributed by atoms with van der Waals surface area (Å²) in [4.78, 5) is 12.1. The molecule has 0 atom stereocenters. The van der Waals surface area contributed by atoms with Crippen molar-refractivity contribution in [2.45, 2.75) is 26.7 Å². The summed E-state index contributed by atoms with van der Waals surface area (Å²) in [6.45, 7) is 4.01. The van der Waals surface area contributed by atoms with Crippen LogP contribution in [0, 0.1) is 6.92 Å². The molecule has 0 bridgehead atoms. The van der Waals surface area contributed by atoms with Crippen LogP contribution in [0.3, 0.4) is 0 Å². The second-order valence-electron chi connectivity index (χ2n) is 5.00. The highest BCUT2D eigenvalue weighted by molar-refractivity contribution is 5.95. The topological polar surface area (TPSA) is 41.5 Å². The Morgan fingerprint density at radius 1 is 1.10 bits per heavy atom. The molecule has 0 saturated carbocycles. The summed E-state index contributed by atoms with van der Waals surface area (Å²) in [5.74, 6) is -0.169. The molecule has 108 valence electrons. The van der Waals surface area contributed by atoms with Crippen molar-refractivity contribution >= 4 is 11.6 Å². The lowest BCUT2D eigenvalue weighted by molar-refractivity contribution is 0.0954. The quantitative estimate of drug-likeness (QED) is 0.658. The first-order chi connectivity index (χ1) is 10.2. The predicted molar refractivity (Wildman–Crippen MR) is 86.5 cm³/mol. The van der Waals surface area contributed by atoms with Gasteiger partial charge < -0.3 is 0 Å². The van der Waals surface area contributed by atoms with Crippen molar-refractivity contribution < 1.29 is 4.79 Å². The molecule has 0 saturated heterocycles. The van der Waals surface area contributed by atoms with E-state index in [2.05, 4.69) is 22.7 Å². The van der Waals surface area contributed by atoms with Gasteiger partial charge in [-0.05, 0) is 31.0 Å². The third-order valence-corrected chi connectivity index (χ3v) is 3.25. The molecule has 1 amide bonds. The molecule has 0 aromatic heterocycles. The molecule has 0 unspecified atom stereocenters. The highest BCUT2D eigenvalue weighted by Gasteiger charge is 2.05. The maximum Gasteiger partial charge on any atom is 0.271 e. The molecule has 1 N–H and O–H groups in total. The number of aryl methyl sites for hydroxylation is 1. The van der Waals surface area contributed by atoms with Crippen LogP contribution in [0.15, 0.2) is 59.7 Å². The van der Waals surface area contributed by atoms with E-state index in [1.807, 2.05) is 50.2 Å². The Kier molecular flexibility index (Phi) is 5.27. The molecule has 0 aliphatic heterocycles. The number of hydrazone groups is 1. The van der Waals surface area contributed by atoms with E-state index < -0.39 is 0 Å². The SMILES string of the molecule is CC/C(Cc1ccccc1)=N/NC(=O)c1cccc(C)c1. The van der Waals surface area contributed by atoms with Crippen molar-refractivity contribution in [1.82, 2.24) is 5.43 Å². The van der Waals surface area contributed by atoms with Crippen LogP contribution in [-0.4, -0.2) is 11.6 Å². The zero-order chi connectivity index (χ0) is 15.1. The van der Waals surface area contributed by atoms with Gasteiger partial charge in [-0.3, -0.25) is 4.79 Å². The number of benzene rings is 2. The lowest BCUT2D eigenvalue weighted by atomic mass is 10.1. The van der Waals surface area contributed by atoms with Crippen LogP contribution < -0.4 is 5.43 Å². The summed E-state index contributed by atoms with van der Waals surface area (Å²) < 4.78 is 0.